The fourth-order valence-corrected chi connectivity index (χ4v) is 1.54. The molecule has 0 aromatic rings. The molecular weight excluding hydrogens is 166 g/mol. The Balaban J connectivity index is 3.61. The largest absolute Gasteiger partial charge is 0.391 e. The Morgan fingerprint density at radius 2 is 2.09 bits per heavy atom. The Morgan fingerprint density at radius 3 is 2.45 bits per heavy atom. The predicted molar refractivity (Wildman–Crippen MR) is 44.3 cm³/mol. The topological polar surface area (TPSA) is 66.4 Å². The van der Waals surface area contributed by atoms with Gasteiger partial charge in [-0.25, -0.2) is 8.42 Å². The van der Waals surface area contributed by atoms with Crippen LogP contribution in [-0.4, -0.2) is 44.7 Å². The highest BCUT2D eigenvalue weighted by molar-refractivity contribution is 7.90. The molecule has 1 atom stereocenters. The van der Waals surface area contributed by atoms with E-state index < -0.39 is 15.9 Å². The van der Waals surface area contributed by atoms with E-state index >= 15 is 0 Å². The molecule has 0 radical (unpaired) electrons. The minimum absolute atomic E-state index is 0.167. The molecule has 2 N–H and O–H groups in total. The van der Waals surface area contributed by atoms with Gasteiger partial charge in [-0.05, 0) is 6.54 Å². The number of nitrogens with one attached hydrogen (secondary N) is 1. The molecule has 0 aromatic heterocycles. The molecule has 1 unspecified atom stereocenters. The second-order valence-electron chi connectivity index (χ2n) is 2.55. The summed E-state index contributed by atoms with van der Waals surface area (Å²) in [5.74, 6) is -0.167. The molecule has 0 aliphatic heterocycles. The van der Waals surface area contributed by atoms with E-state index in [1.165, 1.54) is 0 Å². The average molecular weight is 181 g/mol. The maximum absolute atomic E-state index is 10.6. The summed E-state index contributed by atoms with van der Waals surface area (Å²) in [6.45, 7) is 2.97. The van der Waals surface area contributed by atoms with Crippen LogP contribution < -0.4 is 5.32 Å². The first-order chi connectivity index (χ1) is 4.95. The Morgan fingerprint density at radius 1 is 1.55 bits per heavy atom. The monoisotopic (exact) mass is 181 g/mol. The summed E-state index contributed by atoms with van der Waals surface area (Å²) in [6.07, 6.45) is 0.326. The van der Waals surface area contributed by atoms with Crippen molar-refractivity contribution in [2.24, 2.45) is 0 Å². The van der Waals surface area contributed by atoms with Crippen molar-refractivity contribution in [2.75, 3.05) is 25.1 Å². The number of hydrogen-bond acceptors (Lipinski definition) is 4. The number of hydrogen-bond donors (Lipinski definition) is 2. The van der Waals surface area contributed by atoms with E-state index in [4.69, 9.17) is 5.11 Å². The summed E-state index contributed by atoms with van der Waals surface area (Å²) in [5, 5.41) is 11.9. The number of aliphatic hydroxyl groups is 1. The number of likely N-dealkylation sites (N-methyl/N-ethyl adjacent to an activating group) is 1. The van der Waals surface area contributed by atoms with Gasteiger partial charge in [-0.15, -0.1) is 0 Å². The average Bonchev–Trinajstić information content (AvgIpc) is 1.79. The Kier molecular flexibility index (Phi) is 4.63. The van der Waals surface area contributed by atoms with Gasteiger partial charge in [0.25, 0.3) is 0 Å². The van der Waals surface area contributed by atoms with Crippen molar-refractivity contribution < 1.29 is 13.5 Å². The van der Waals surface area contributed by atoms with Crippen molar-refractivity contribution in [3.63, 3.8) is 0 Å². The molecule has 0 fully saturated rings. The van der Waals surface area contributed by atoms with E-state index in [-0.39, 0.29) is 5.75 Å². The van der Waals surface area contributed by atoms with Crippen molar-refractivity contribution in [3.8, 4) is 0 Å². The molecule has 0 aromatic carbocycles. The van der Waals surface area contributed by atoms with Gasteiger partial charge in [-0.2, -0.15) is 0 Å². The number of aliphatic hydroxyl groups excluding tert-OH is 1. The minimum Gasteiger partial charge on any atom is -0.391 e. The summed E-state index contributed by atoms with van der Waals surface area (Å²) < 4.78 is 21.2. The first-order valence-electron chi connectivity index (χ1n) is 3.52. The Labute approximate surface area is 67.5 Å². The summed E-state index contributed by atoms with van der Waals surface area (Å²) in [7, 11) is -3.04. The molecule has 0 amide bonds. The highest BCUT2D eigenvalue weighted by atomic mass is 32.2. The van der Waals surface area contributed by atoms with Crippen LogP contribution in [0.4, 0.5) is 0 Å². The summed E-state index contributed by atoms with van der Waals surface area (Å²) in [5.41, 5.74) is 0. The normalized spacial score (nSPS) is 14.8. The van der Waals surface area contributed by atoms with Crippen molar-refractivity contribution in [1.82, 2.24) is 5.32 Å². The smallest absolute Gasteiger partial charge is 0.150 e. The quantitative estimate of drug-likeness (QED) is 0.571. The minimum atomic E-state index is -3.04. The van der Waals surface area contributed by atoms with Crippen LogP contribution >= 0.6 is 0 Å². The van der Waals surface area contributed by atoms with Crippen molar-refractivity contribution in [2.45, 2.75) is 13.0 Å². The van der Waals surface area contributed by atoms with E-state index in [1.807, 2.05) is 6.92 Å². The van der Waals surface area contributed by atoms with Gasteiger partial charge in [0.2, 0.25) is 0 Å². The molecule has 11 heavy (non-hydrogen) atoms. The van der Waals surface area contributed by atoms with Crippen LogP contribution in [0.5, 0.6) is 0 Å². The highest BCUT2D eigenvalue weighted by Crippen LogP contribution is 1.88. The van der Waals surface area contributed by atoms with E-state index in [0.717, 1.165) is 12.8 Å². The number of rotatable bonds is 5. The lowest BCUT2D eigenvalue weighted by atomic mass is 10.4. The van der Waals surface area contributed by atoms with Crippen LogP contribution in [0.2, 0.25) is 0 Å². The highest BCUT2D eigenvalue weighted by Gasteiger charge is 2.10. The third kappa shape index (κ3) is 7.77. The molecular formula is C6H15NO3S. The zero-order valence-corrected chi connectivity index (χ0v) is 7.69. The first kappa shape index (κ1) is 10.9. The van der Waals surface area contributed by atoms with Crippen LogP contribution in [0, 0.1) is 0 Å². The van der Waals surface area contributed by atoms with Gasteiger partial charge < -0.3 is 10.4 Å². The molecule has 0 aliphatic carbocycles. The molecule has 0 saturated carbocycles. The molecule has 0 rings (SSSR count). The zero-order chi connectivity index (χ0) is 8.91. The predicted octanol–water partition coefficient (Wildman–Crippen LogP) is -0.999. The van der Waals surface area contributed by atoms with Gasteiger partial charge >= 0.3 is 0 Å². The SMILES string of the molecule is CCNCC(O)CS(C)(=O)=O. The zero-order valence-electron chi connectivity index (χ0n) is 6.87. The summed E-state index contributed by atoms with van der Waals surface area (Å²) in [6, 6.07) is 0. The fraction of sp³-hybridized carbons (Fsp3) is 1.00. The van der Waals surface area contributed by atoms with Gasteiger partial charge in [0.05, 0.1) is 11.9 Å². The lowest BCUT2D eigenvalue weighted by Gasteiger charge is -2.08. The molecule has 0 heterocycles. The van der Waals surface area contributed by atoms with Gasteiger partial charge in [0.1, 0.15) is 9.84 Å². The first-order valence-corrected chi connectivity index (χ1v) is 5.58. The molecule has 0 bridgehead atoms. The Hall–Kier alpha value is -0.130. The second-order valence-corrected chi connectivity index (χ2v) is 4.74. The summed E-state index contributed by atoms with van der Waals surface area (Å²) in [4.78, 5) is 0. The van der Waals surface area contributed by atoms with Crippen molar-refractivity contribution in [3.05, 3.63) is 0 Å². The van der Waals surface area contributed by atoms with E-state index in [2.05, 4.69) is 5.32 Å². The second kappa shape index (κ2) is 4.69. The van der Waals surface area contributed by atoms with Gasteiger partial charge in [0, 0.05) is 12.8 Å². The standard InChI is InChI=1S/C6H15NO3S/c1-3-7-4-6(8)5-11(2,9)10/h6-8H,3-5H2,1-2H3. The summed E-state index contributed by atoms with van der Waals surface area (Å²) >= 11 is 0. The third-order valence-corrected chi connectivity index (χ3v) is 2.12. The maximum atomic E-state index is 10.6. The molecule has 4 nitrogen and oxygen atoms in total. The molecule has 0 saturated heterocycles. The van der Waals surface area contributed by atoms with Crippen LogP contribution in [0.3, 0.4) is 0 Å². The van der Waals surface area contributed by atoms with Crippen molar-refractivity contribution in [1.29, 1.82) is 0 Å². The van der Waals surface area contributed by atoms with Crippen LogP contribution in [0.25, 0.3) is 0 Å². The van der Waals surface area contributed by atoms with E-state index in [9.17, 15) is 8.42 Å². The number of sulfone groups is 1. The Bertz CT molecular complexity index is 188. The van der Waals surface area contributed by atoms with Crippen LogP contribution in [0.1, 0.15) is 6.92 Å². The van der Waals surface area contributed by atoms with Gasteiger partial charge in [-0.1, -0.05) is 6.92 Å². The lowest BCUT2D eigenvalue weighted by Crippen LogP contribution is -2.31. The lowest BCUT2D eigenvalue weighted by molar-refractivity contribution is 0.194. The van der Waals surface area contributed by atoms with E-state index in [1.54, 1.807) is 0 Å². The van der Waals surface area contributed by atoms with Crippen molar-refractivity contribution >= 4 is 9.84 Å². The van der Waals surface area contributed by atoms with Crippen LogP contribution in [-0.2, 0) is 9.84 Å². The molecule has 0 spiro atoms. The molecule has 5 heteroatoms. The molecule has 68 valence electrons. The van der Waals surface area contributed by atoms with Crippen LogP contribution in [0.15, 0.2) is 0 Å². The third-order valence-electron chi connectivity index (χ3n) is 1.13. The maximum Gasteiger partial charge on any atom is 0.150 e. The van der Waals surface area contributed by atoms with E-state index in [0.29, 0.717) is 6.54 Å². The van der Waals surface area contributed by atoms with Gasteiger partial charge in [0.15, 0.2) is 0 Å². The van der Waals surface area contributed by atoms with Gasteiger partial charge in [-0.3, -0.25) is 0 Å². The molecule has 0 aliphatic rings. The fourth-order valence-electron chi connectivity index (χ4n) is 0.719.